The Kier molecular flexibility index (Phi) is 9.42. The van der Waals surface area contributed by atoms with Crippen molar-refractivity contribution >= 4 is 47.5 Å². The number of likely N-dealkylation sites (tertiary alicyclic amines) is 1. The van der Waals surface area contributed by atoms with Gasteiger partial charge in [0.1, 0.15) is 6.33 Å². The topological polar surface area (TPSA) is 122 Å². The molecule has 3 aromatic heterocycles. The predicted octanol–water partition coefficient (Wildman–Crippen LogP) is 5.36. The van der Waals surface area contributed by atoms with Crippen LogP contribution < -0.4 is 9.64 Å². The summed E-state index contributed by atoms with van der Waals surface area (Å²) in [5, 5.41) is 18.3. The number of anilines is 1. The molecule has 0 saturated carbocycles. The number of piperidine rings is 1. The van der Waals surface area contributed by atoms with Crippen molar-refractivity contribution in [2.75, 3.05) is 24.5 Å². The summed E-state index contributed by atoms with van der Waals surface area (Å²) in [6, 6.07) is 9.23. The first-order valence-electron chi connectivity index (χ1n) is 13.4. The highest BCUT2D eigenvalue weighted by Crippen LogP contribution is 2.31. The molecule has 0 radical (unpaired) electrons. The average molecular weight is 632 g/mol. The second kappa shape index (κ2) is 13.2. The Morgan fingerprint density at radius 3 is 2.45 bits per heavy atom. The van der Waals surface area contributed by atoms with Crippen LogP contribution in [-0.4, -0.2) is 65.3 Å². The number of benzene rings is 1. The van der Waals surface area contributed by atoms with Gasteiger partial charge < -0.3 is 19.3 Å². The molecule has 2 aliphatic rings. The van der Waals surface area contributed by atoms with Crippen molar-refractivity contribution in [1.29, 1.82) is 0 Å². The second-order valence-corrected chi connectivity index (χ2v) is 11.2. The summed E-state index contributed by atoms with van der Waals surface area (Å²) in [7, 11) is 0. The van der Waals surface area contributed by atoms with Crippen molar-refractivity contribution in [3.05, 3.63) is 70.5 Å². The van der Waals surface area contributed by atoms with E-state index in [1.165, 1.54) is 0 Å². The van der Waals surface area contributed by atoms with Crippen LogP contribution in [0.3, 0.4) is 0 Å². The van der Waals surface area contributed by atoms with Crippen molar-refractivity contribution in [2.24, 2.45) is 5.92 Å². The van der Waals surface area contributed by atoms with Gasteiger partial charge in [-0.05, 0) is 61.7 Å². The van der Waals surface area contributed by atoms with Crippen molar-refractivity contribution in [3.8, 4) is 22.9 Å². The van der Waals surface area contributed by atoms with E-state index in [0.717, 1.165) is 56.0 Å². The number of pyridine rings is 1. The summed E-state index contributed by atoms with van der Waals surface area (Å²) >= 11 is 12.6. The number of rotatable bonds is 8. The van der Waals surface area contributed by atoms with Crippen LogP contribution in [-0.2, 0) is 24.4 Å². The fourth-order valence-corrected chi connectivity index (χ4v) is 5.82. The van der Waals surface area contributed by atoms with Crippen molar-refractivity contribution in [2.45, 2.75) is 38.9 Å². The zero-order valence-corrected chi connectivity index (χ0v) is 24.9. The Labute approximate surface area is 258 Å². The number of hydrogen-bond donors (Lipinski definition) is 1. The summed E-state index contributed by atoms with van der Waals surface area (Å²) in [6.45, 7) is 4.45. The quantitative estimate of drug-likeness (QED) is 0.272. The molecule has 42 heavy (non-hydrogen) atoms. The summed E-state index contributed by atoms with van der Waals surface area (Å²) in [5.74, 6) is 1.81. The van der Waals surface area contributed by atoms with Gasteiger partial charge in [-0.3, -0.25) is 9.69 Å². The zero-order valence-electron chi connectivity index (χ0n) is 22.6. The van der Waals surface area contributed by atoms with E-state index in [1.807, 2.05) is 33.7 Å². The van der Waals surface area contributed by atoms with Gasteiger partial charge in [-0.15, -0.1) is 22.6 Å². The van der Waals surface area contributed by atoms with Gasteiger partial charge in [0, 0.05) is 47.7 Å². The molecule has 1 N–H and O–H groups in total. The molecule has 1 aromatic carbocycles. The third-order valence-corrected chi connectivity index (χ3v) is 7.79. The fraction of sp³-hybridized carbons (Fsp3) is 0.357. The van der Waals surface area contributed by atoms with Crippen LogP contribution in [0.1, 0.15) is 30.7 Å². The lowest BCUT2D eigenvalue weighted by Gasteiger charge is -2.31. The van der Waals surface area contributed by atoms with E-state index in [4.69, 9.17) is 38.0 Å². The van der Waals surface area contributed by atoms with Gasteiger partial charge in [0.15, 0.2) is 11.6 Å². The Balaban J connectivity index is 0.00000353. The first-order chi connectivity index (χ1) is 19.9. The molecule has 220 valence electrons. The van der Waals surface area contributed by atoms with E-state index < -0.39 is 5.97 Å². The maximum absolute atomic E-state index is 11.1. The lowest BCUT2D eigenvalue weighted by atomic mass is 9.93. The van der Waals surface area contributed by atoms with Crippen LogP contribution in [0.5, 0.6) is 11.6 Å². The molecule has 0 atom stereocenters. The largest absolute Gasteiger partial charge is 0.481 e. The maximum atomic E-state index is 11.1. The van der Waals surface area contributed by atoms with Crippen molar-refractivity contribution in [1.82, 2.24) is 34.6 Å². The lowest BCUT2D eigenvalue weighted by molar-refractivity contribution is -0.138. The molecule has 1 fully saturated rings. The van der Waals surface area contributed by atoms with Crippen molar-refractivity contribution in [3.63, 3.8) is 0 Å². The van der Waals surface area contributed by atoms with Crippen LogP contribution in [0.4, 0.5) is 5.95 Å². The van der Waals surface area contributed by atoms with Gasteiger partial charge in [0.05, 0.1) is 24.6 Å². The third-order valence-electron chi connectivity index (χ3n) is 7.36. The summed E-state index contributed by atoms with van der Waals surface area (Å²) < 4.78 is 8.17. The molecular weight excluding hydrogens is 603 g/mol. The molecule has 0 aliphatic carbocycles. The minimum absolute atomic E-state index is 0. The Morgan fingerprint density at radius 1 is 1.00 bits per heavy atom. The molecule has 0 bridgehead atoms. The summed E-state index contributed by atoms with van der Waals surface area (Å²) in [5.41, 5.74) is 2.46. The molecular formula is C28H29Cl3N8O3. The average Bonchev–Trinajstić information content (AvgIpc) is 3.42. The van der Waals surface area contributed by atoms with Crippen LogP contribution in [0, 0.1) is 5.92 Å². The highest BCUT2D eigenvalue weighted by molar-refractivity contribution is 6.35. The van der Waals surface area contributed by atoms with E-state index in [0.29, 0.717) is 46.4 Å². The third kappa shape index (κ3) is 7.27. The highest BCUT2D eigenvalue weighted by atomic mass is 35.5. The predicted molar refractivity (Wildman–Crippen MR) is 160 cm³/mol. The zero-order chi connectivity index (χ0) is 28.3. The van der Waals surface area contributed by atoms with Gasteiger partial charge in [0.2, 0.25) is 11.8 Å². The molecule has 11 nitrogen and oxygen atoms in total. The van der Waals surface area contributed by atoms with E-state index in [-0.39, 0.29) is 24.7 Å². The first-order valence-corrected chi connectivity index (χ1v) is 14.2. The van der Waals surface area contributed by atoms with Gasteiger partial charge >= 0.3 is 5.97 Å². The summed E-state index contributed by atoms with van der Waals surface area (Å²) in [4.78, 5) is 29.3. The SMILES string of the molecule is Cl.O=C(O)CC1CCN(Cc2cc(Oc3cnc(N4CCn5cnnc5C4)nc3)nc(-c3cc(Cl)cc(Cl)c3)c2)CC1. The van der Waals surface area contributed by atoms with E-state index in [9.17, 15) is 4.79 Å². The Morgan fingerprint density at radius 2 is 1.74 bits per heavy atom. The first kappa shape index (κ1) is 30.0. The molecule has 6 rings (SSSR count). The Hall–Kier alpha value is -3.51. The number of hydrogen-bond acceptors (Lipinski definition) is 9. The van der Waals surface area contributed by atoms with Crippen molar-refractivity contribution < 1.29 is 14.6 Å². The fourth-order valence-electron chi connectivity index (χ4n) is 5.29. The minimum atomic E-state index is -0.735. The molecule has 1 saturated heterocycles. The monoisotopic (exact) mass is 630 g/mol. The van der Waals surface area contributed by atoms with E-state index >= 15 is 0 Å². The second-order valence-electron chi connectivity index (χ2n) is 10.4. The summed E-state index contributed by atoms with van der Waals surface area (Å²) in [6.07, 6.45) is 6.95. The normalized spacial score (nSPS) is 15.6. The number of ether oxygens (including phenoxy) is 1. The number of carboxylic acids is 1. The molecule has 0 unspecified atom stereocenters. The molecule has 14 heteroatoms. The molecule has 0 amide bonds. The number of carbonyl (C=O) groups is 1. The van der Waals surface area contributed by atoms with Crippen LogP contribution in [0.15, 0.2) is 49.1 Å². The van der Waals surface area contributed by atoms with Crippen LogP contribution in [0.25, 0.3) is 11.3 Å². The van der Waals surface area contributed by atoms with Gasteiger partial charge in [-0.1, -0.05) is 23.2 Å². The van der Waals surface area contributed by atoms with Gasteiger partial charge in [-0.2, -0.15) is 0 Å². The maximum Gasteiger partial charge on any atom is 0.303 e. The van der Waals surface area contributed by atoms with Crippen LogP contribution in [0.2, 0.25) is 10.0 Å². The molecule has 4 aromatic rings. The lowest BCUT2D eigenvalue weighted by Crippen LogP contribution is -2.34. The minimum Gasteiger partial charge on any atom is -0.481 e. The number of carboxylic acid groups (broad SMARTS) is 1. The highest BCUT2D eigenvalue weighted by Gasteiger charge is 2.22. The van der Waals surface area contributed by atoms with Gasteiger partial charge in [0.25, 0.3) is 0 Å². The molecule has 2 aliphatic heterocycles. The van der Waals surface area contributed by atoms with E-state index in [2.05, 4.69) is 25.1 Å². The van der Waals surface area contributed by atoms with Crippen LogP contribution >= 0.6 is 35.6 Å². The number of aromatic nitrogens is 6. The Bertz CT molecular complexity index is 1520. The van der Waals surface area contributed by atoms with Gasteiger partial charge in [-0.25, -0.2) is 15.0 Å². The number of aliphatic carboxylic acids is 1. The molecule has 5 heterocycles. The smallest absolute Gasteiger partial charge is 0.303 e. The standard InChI is InChI=1S/C28H28Cl2N8O3.ClH/c29-21-10-20(11-22(30)12-21)24-7-19(15-36-3-1-18(2-4-36)9-27(39)40)8-26(34-24)41-23-13-31-28(32-14-23)37-5-6-38-17-33-35-25(38)16-37;/h7-8,10-14,17-18H,1-6,9,15-16H2,(H,39,40);1H. The number of halogens is 3. The van der Waals surface area contributed by atoms with E-state index in [1.54, 1.807) is 24.8 Å². The number of fused-ring (bicyclic) bond motifs is 1. The number of nitrogens with zero attached hydrogens (tertiary/aromatic N) is 8. The molecule has 0 spiro atoms.